The number of halogens is 1. The van der Waals surface area contributed by atoms with Gasteiger partial charge in [-0.1, -0.05) is 0 Å². The number of likely N-dealkylation sites (tertiary alicyclic amines) is 2. The fourth-order valence-electron chi connectivity index (χ4n) is 3.18. The molecular weight excluding hydrogens is 268 g/mol. The fourth-order valence-corrected chi connectivity index (χ4v) is 3.89. The first kappa shape index (κ1) is 14.1. The first-order chi connectivity index (χ1) is 8.22. The normalized spacial score (nSPS) is 28.9. The van der Waals surface area contributed by atoms with Gasteiger partial charge in [0.1, 0.15) is 0 Å². The molecule has 0 aromatic carbocycles. The average Bonchev–Trinajstić information content (AvgIpc) is 2.87. The molecule has 3 rings (SSSR count). The number of anilines is 1. The van der Waals surface area contributed by atoms with Crippen LogP contribution in [0.1, 0.15) is 17.7 Å². The second-order valence-corrected chi connectivity index (χ2v) is 6.45. The number of hydrogen-bond donors (Lipinski definition) is 1. The lowest BCUT2D eigenvalue weighted by Gasteiger charge is -2.36. The third-order valence-electron chi connectivity index (χ3n) is 4.11. The molecule has 3 heterocycles. The van der Waals surface area contributed by atoms with Gasteiger partial charge in [0.2, 0.25) is 0 Å². The zero-order chi connectivity index (χ0) is 11.8. The number of aromatic nitrogens is 1. The van der Waals surface area contributed by atoms with E-state index in [4.69, 9.17) is 5.73 Å². The van der Waals surface area contributed by atoms with Crippen molar-refractivity contribution >= 4 is 28.9 Å². The van der Waals surface area contributed by atoms with Crippen LogP contribution >= 0.6 is 23.7 Å². The molecule has 0 spiro atoms. The van der Waals surface area contributed by atoms with E-state index in [1.807, 2.05) is 6.20 Å². The molecule has 4 nitrogen and oxygen atoms in total. The maximum absolute atomic E-state index is 5.69. The van der Waals surface area contributed by atoms with Gasteiger partial charge >= 0.3 is 0 Å². The van der Waals surface area contributed by atoms with Gasteiger partial charge in [-0.05, 0) is 38.9 Å². The van der Waals surface area contributed by atoms with Crippen molar-refractivity contribution in [2.45, 2.75) is 25.4 Å². The highest BCUT2D eigenvalue weighted by Gasteiger charge is 2.37. The number of nitrogens with two attached hydrogens (primary N) is 1. The van der Waals surface area contributed by atoms with E-state index in [9.17, 15) is 0 Å². The summed E-state index contributed by atoms with van der Waals surface area (Å²) in [5.41, 5.74) is 5.69. The van der Waals surface area contributed by atoms with Crippen molar-refractivity contribution in [3.8, 4) is 0 Å². The van der Waals surface area contributed by atoms with Gasteiger partial charge < -0.3 is 10.6 Å². The van der Waals surface area contributed by atoms with E-state index in [-0.39, 0.29) is 12.4 Å². The molecule has 2 saturated heterocycles. The molecule has 0 radical (unpaired) electrons. The zero-order valence-corrected chi connectivity index (χ0v) is 12.3. The topological polar surface area (TPSA) is 45.4 Å². The Bertz CT molecular complexity index is 397. The Kier molecular flexibility index (Phi) is 4.48. The average molecular weight is 289 g/mol. The van der Waals surface area contributed by atoms with Crippen molar-refractivity contribution in [2.24, 2.45) is 5.92 Å². The van der Waals surface area contributed by atoms with Crippen LogP contribution in [0.15, 0.2) is 6.20 Å². The van der Waals surface area contributed by atoms with Gasteiger partial charge in [0.15, 0.2) is 5.13 Å². The lowest BCUT2D eigenvalue weighted by Crippen LogP contribution is -2.46. The van der Waals surface area contributed by atoms with Gasteiger partial charge in [0.05, 0.1) is 0 Å². The van der Waals surface area contributed by atoms with Crippen molar-refractivity contribution in [1.82, 2.24) is 14.8 Å². The quantitative estimate of drug-likeness (QED) is 0.899. The molecule has 102 valence electrons. The number of hydrogen-bond acceptors (Lipinski definition) is 5. The third kappa shape index (κ3) is 2.79. The van der Waals surface area contributed by atoms with Crippen LogP contribution in [-0.4, -0.2) is 47.5 Å². The van der Waals surface area contributed by atoms with Crippen LogP contribution in [0.3, 0.4) is 0 Å². The lowest BCUT2D eigenvalue weighted by molar-refractivity contribution is 0.119. The number of nitrogen functional groups attached to an aromatic ring is 1. The van der Waals surface area contributed by atoms with E-state index in [0.717, 1.165) is 18.5 Å². The fraction of sp³-hybridized carbons (Fsp3) is 0.750. The molecule has 1 aromatic rings. The summed E-state index contributed by atoms with van der Waals surface area (Å²) < 4.78 is 0. The monoisotopic (exact) mass is 288 g/mol. The highest BCUT2D eigenvalue weighted by molar-refractivity contribution is 7.15. The first-order valence-corrected chi connectivity index (χ1v) is 7.17. The van der Waals surface area contributed by atoms with Crippen LogP contribution < -0.4 is 5.73 Å². The summed E-state index contributed by atoms with van der Waals surface area (Å²) in [5, 5.41) is 0.691. The summed E-state index contributed by atoms with van der Waals surface area (Å²) in [5.74, 6) is 0.913. The predicted molar refractivity (Wildman–Crippen MR) is 78.2 cm³/mol. The summed E-state index contributed by atoms with van der Waals surface area (Å²) in [7, 11) is 2.23. The molecule has 0 saturated carbocycles. The number of piperidine rings is 1. The lowest BCUT2D eigenvalue weighted by atomic mass is 9.92. The largest absolute Gasteiger partial charge is 0.375 e. The smallest absolute Gasteiger partial charge is 0.180 e. The summed E-state index contributed by atoms with van der Waals surface area (Å²) in [6.45, 7) is 4.76. The van der Waals surface area contributed by atoms with Crippen molar-refractivity contribution in [3.05, 3.63) is 11.1 Å². The van der Waals surface area contributed by atoms with Crippen molar-refractivity contribution < 1.29 is 0 Å². The van der Waals surface area contributed by atoms with Gasteiger partial charge in [-0.3, -0.25) is 4.90 Å². The summed E-state index contributed by atoms with van der Waals surface area (Å²) in [6, 6.07) is 0.747. The zero-order valence-electron chi connectivity index (χ0n) is 10.7. The van der Waals surface area contributed by atoms with Gasteiger partial charge in [-0.25, -0.2) is 4.98 Å². The molecular formula is C12H21ClN4S. The number of likely N-dealkylation sites (N-methyl/N-ethyl adjacent to an activating group) is 1. The Labute approximate surface area is 119 Å². The summed E-state index contributed by atoms with van der Waals surface area (Å²) in [6.07, 6.45) is 4.66. The van der Waals surface area contributed by atoms with E-state index in [0.29, 0.717) is 5.13 Å². The minimum atomic E-state index is 0. The molecule has 2 fully saturated rings. The molecule has 1 aromatic heterocycles. The molecule has 2 N–H and O–H groups in total. The van der Waals surface area contributed by atoms with Crippen LogP contribution in [0.2, 0.25) is 0 Å². The van der Waals surface area contributed by atoms with E-state index in [1.54, 1.807) is 11.3 Å². The van der Waals surface area contributed by atoms with Crippen molar-refractivity contribution in [3.63, 3.8) is 0 Å². The van der Waals surface area contributed by atoms with Crippen LogP contribution in [-0.2, 0) is 6.54 Å². The Morgan fingerprint density at radius 3 is 2.94 bits per heavy atom. The molecule has 18 heavy (non-hydrogen) atoms. The highest BCUT2D eigenvalue weighted by Crippen LogP contribution is 2.32. The molecule has 2 aliphatic heterocycles. The van der Waals surface area contributed by atoms with E-state index >= 15 is 0 Å². The number of thiazole rings is 1. The van der Waals surface area contributed by atoms with Crippen molar-refractivity contribution in [1.29, 1.82) is 0 Å². The molecule has 2 aliphatic rings. The Morgan fingerprint density at radius 2 is 2.22 bits per heavy atom. The molecule has 2 atom stereocenters. The van der Waals surface area contributed by atoms with Crippen LogP contribution in [0.4, 0.5) is 5.13 Å². The third-order valence-corrected chi connectivity index (χ3v) is 4.92. The standard InChI is InChI=1S/C12H20N4S.ClH/c1-15-4-2-9-3-5-16(11(9)8-15)7-10-6-14-12(13)17-10;/h6,9,11H,2-5,7-8H2,1H3,(H2,13,14);1H. The van der Waals surface area contributed by atoms with Crippen LogP contribution in [0.25, 0.3) is 0 Å². The summed E-state index contributed by atoms with van der Waals surface area (Å²) in [4.78, 5) is 10.5. The maximum atomic E-state index is 5.69. The van der Waals surface area contributed by atoms with Gasteiger partial charge in [0, 0.05) is 30.2 Å². The van der Waals surface area contributed by atoms with Crippen molar-refractivity contribution in [2.75, 3.05) is 32.4 Å². The molecule has 0 aliphatic carbocycles. The minimum Gasteiger partial charge on any atom is -0.375 e. The van der Waals surface area contributed by atoms with E-state index in [2.05, 4.69) is 21.8 Å². The SMILES string of the molecule is CN1CCC2CCN(Cc3cnc(N)s3)C2C1.Cl. The van der Waals surface area contributed by atoms with Gasteiger partial charge in [-0.2, -0.15) is 0 Å². The molecule has 2 unspecified atom stereocenters. The van der Waals surface area contributed by atoms with Crippen LogP contribution in [0.5, 0.6) is 0 Å². The Morgan fingerprint density at radius 1 is 1.44 bits per heavy atom. The minimum absolute atomic E-state index is 0. The Balaban J connectivity index is 0.00000120. The predicted octanol–water partition coefficient (Wildman–Crippen LogP) is 1.67. The van der Waals surface area contributed by atoms with Gasteiger partial charge in [0.25, 0.3) is 0 Å². The molecule has 0 bridgehead atoms. The second-order valence-electron chi connectivity index (χ2n) is 5.30. The molecule has 0 amide bonds. The molecule has 6 heteroatoms. The summed E-state index contributed by atoms with van der Waals surface area (Å²) >= 11 is 1.63. The number of fused-ring (bicyclic) bond motifs is 1. The maximum Gasteiger partial charge on any atom is 0.180 e. The second kappa shape index (κ2) is 5.74. The highest BCUT2D eigenvalue weighted by atomic mass is 35.5. The Hall–Kier alpha value is -0.360. The van der Waals surface area contributed by atoms with E-state index in [1.165, 1.54) is 37.4 Å². The van der Waals surface area contributed by atoms with Gasteiger partial charge in [-0.15, -0.1) is 23.7 Å². The van der Waals surface area contributed by atoms with E-state index < -0.39 is 0 Å². The number of rotatable bonds is 2. The van der Waals surface area contributed by atoms with Crippen LogP contribution in [0, 0.1) is 5.92 Å². The first-order valence-electron chi connectivity index (χ1n) is 6.35. The number of nitrogens with zero attached hydrogens (tertiary/aromatic N) is 3.